The summed E-state index contributed by atoms with van der Waals surface area (Å²) in [6.45, 7) is 9.32. The zero-order chi connectivity index (χ0) is 20.0. The number of hydrogen-bond donors (Lipinski definition) is 0. The maximum atomic E-state index is 13.7. The van der Waals surface area contributed by atoms with Gasteiger partial charge < -0.3 is 9.80 Å². The van der Waals surface area contributed by atoms with Crippen molar-refractivity contribution in [2.45, 2.75) is 52.6 Å². The van der Waals surface area contributed by atoms with E-state index >= 15 is 0 Å². The smallest absolute Gasteiger partial charge is 0.273 e. The number of hydrogen-bond acceptors (Lipinski definition) is 3. The van der Waals surface area contributed by atoms with Gasteiger partial charge in [0, 0.05) is 25.6 Å². The van der Waals surface area contributed by atoms with Gasteiger partial charge in [-0.2, -0.15) is 5.10 Å². The second-order valence-electron chi connectivity index (χ2n) is 8.26. The molecule has 148 valence electrons. The molecule has 1 fully saturated rings. The number of aromatic nitrogens is 2. The minimum absolute atomic E-state index is 0.00290. The van der Waals surface area contributed by atoms with Gasteiger partial charge in [-0.15, -0.1) is 0 Å². The van der Waals surface area contributed by atoms with Crippen LogP contribution in [-0.2, 0) is 4.79 Å². The van der Waals surface area contributed by atoms with Crippen molar-refractivity contribution in [3.05, 3.63) is 47.3 Å². The van der Waals surface area contributed by atoms with Crippen LogP contribution in [0.2, 0.25) is 0 Å². The Morgan fingerprint density at radius 1 is 1.21 bits per heavy atom. The van der Waals surface area contributed by atoms with Crippen LogP contribution in [0.4, 0.5) is 0 Å². The van der Waals surface area contributed by atoms with E-state index in [0.29, 0.717) is 12.2 Å². The Labute approximate surface area is 166 Å². The Kier molecular flexibility index (Phi) is 4.73. The number of carbonyl (C=O) groups is 2. The molecule has 0 N–H and O–H groups in total. The van der Waals surface area contributed by atoms with E-state index < -0.39 is 0 Å². The first-order valence-corrected chi connectivity index (χ1v) is 10.1. The van der Waals surface area contributed by atoms with E-state index in [4.69, 9.17) is 5.10 Å². The molecule has 6 heteroatoms. The third-order valence-electron chi connectivity index (χ3n) is 6.01. The monoisotopic (exact) mass is 380 g/mol. The zero-order valence-electron chi connectivity index (χ0n) is 17.1. The molecule has 0 radical (unpaired) electrons. The van der Waals surface area contributed by atoms with Crippen molar-refractivity contribution in [2.24, 2.45) is 5.92 Å². The van der Waals surface area contributed by atoms with E-state index in [9.17, 15) is 9.59 Å². The maximum absolute atomic E-state index is 13.7. The predicted octanol–water partition coefficient (Wildman–Crippen LogP) is 3.34. The Hall–Kier alpha value is -2.63. The molecule has 0 bridgehead atoms. The Morgan fingerprint density at radius 3 is 2.57 bits per heavy atom. The Balaban J connectivity index is 1.77. The fourth-order valence-electron chi connectivity index (χ4n) is 4.76. The first-order chi connectivity index (χ1) is 13.4. The number of fused-ring (bicyclic) bond motifs is 1. The van der Waals surface area contributed by atoms with Crippen LogP contribution < -0.4 is 0 Å². The topological polar surface area (TPSA) is 58.4 Å². The van der Waals surface area contributed by atoms with Gasteiger partial charge >= 0.3 is 0 Å². The molecule has 0 aliphatic carbocycles. The summed E-state index contributed by atoms with van der Waals surface area (Å²) in [5.41, 5.74) is 3.54. The number of rotatable bonds is 3. The Bertz CT molecular complexity index is 903. The summed E-state index contributed by atoms with van der Waals surface area (Å²) in [6, 6.07) is 9.88. The number of amides is 2. The van der Waals surface area contributed by atoms with Gasteiger partial charge in [-0.1, -0.05) is 32.0 Å². The van der Waals surface area contributed by atoms with Crippen LogP contribution in [0.1, 0.15) is 61.4 Å². The van der Waals surface area contributed by atoms with Crippen LogP contribution in [0.3, 0.4) is 0 Å². The number of carbonyl (C=O) groups excluding carboxylic acids is 2. The summed E-state index contributed by atoms with van der Waals surface area (Å²) in [7, 11) is 0. The highest BCUT2D eigenvalue weighted by molar-refractivity contribution is 5.99. The van der Waals surface area contributed by atoms with Crippen LogP contribution in [-0.4, -0.2) is 50.5 Å². The van der Waals surface area contributed by atoms with Crippen LogP contribution in [0, 0.1) is 12.8 Å². The minimum atomic E-state index is -0.00290. The van der Waals surface area contributed by atoms with Crippen LogP contribution >= 0.6 is 0 Å². The molecule has 3 heterocycles. The van der Waals surface area contributed by atoms with Gasteiger partial charge in [-0.3, -0.25) is 9.59 Å². The largest absolute Gasteiger partial charge is 0.341 e. The van der Waals surface area contributed by atoms with Crippen molar-refractivity contribution in [1.29, 1.82) is 0 Å². The van der Waals surface area contributed by atoms with Crippen molar-refractivity contribution >= 4 is 11.8 Å². The minimum Gasteiger partial charge on any atom is -0.341 e. The second kappa shape index (κ2) is 7.08. The van der Waals surface area contributed by atoms with Gasteiger partial charge in [-0.25, -0.2) is 4.68 Å². The fraction of sp³-hybridized carbons (Fsp3) is 0.500. The van der Waals surface area contributed by atoms with Gasteiger partial charge in [-0.05, 0) is 37.8 Å². The molecule has 6 nitrogen and oxygen atoms in total. The summed E-state index contributed by atoms with van der Waals surface area (Å²) < 4.78 is 1.80. The molecular formula is C22H28N4O2. The molecule has 2 unspecified atom stereocenters. The lowest BCUT2D eigenvalue weighted by molar-refractivity contribution is -0.131. The number of aryl methyl sites for hydroxylation is 1. The van der Waals surface area contributed by atoms with Gasteiger partial charge in [0.2, 0.25) is 5.91 Å². The number of piperidine rings is 1. The van der Waals surface area contributed by atoms with Gasteiger partial charge in [0.1, 0.15) is 5.69 Å². The Morgan fingerprint density at radius 2 is 1.93 bits per heavy atom. The first-order valence-electron chi connectivity index (χ1n) is 10.1. The van der Waals surface area contributed by atoms with Gasteiger partial charge in [0.25, 0.3) is 5.91 Å². The van der Waals surface area contributed by atoms with E-state index in [1.807, 2.05) is 47.1 Å². The first kappa shape index (κ1) is 18.7. The highest BCUT2D eigenvalue weighted by Gasteiger charge is 2.47. The van der Waals surface area contributed by atoms with Crippen LogP contribution in [0.15, 0.2) is 30.3 Å². The summed E-state index contributed by atoms with van der Waals surface area (Å²) >= 11 is 0. The molecule has 2 aliphatic heterocycles. The maximum Gasteiger partial charge on any atom is 0.273 e. The van der Waals surface area contributed by atoms with E-state index in [1.54, 1.807) is 11.6 Å². The zero-order valence-corrected chi connectivity index (χ0v) is 17.1. The average Bonchev–Trinajstić information content (AvgIpc) is 3.18. The summed E-state index contributed by atoms with van der Waals surface area (Å²) in [6.07, 6.45) is 1.86. The molecule has 0 saturated carbocycles. The highest BCUT2D eigenvalue weighted by Crippen LogP contribution is 2.43. The van der Waals surface area contributed by atoms with Crippen molar-refractivity contribution in [3.8, 4) is 5.69 Å². The molecule has 2 amide bonds. The predicted molar refractivity (Wildman–Crippen MR) is 107 cm³/mol. The summed E-state index contributed by atoms with van der Waals surface area (Å²) in [4.78, 5) is 29.5. The van der Waals surface area contributed by atoms with Gasteiger partial charge in [0.15, 0.2) is 0 Å². The van der Waals surface area contributed by atoms with Crippen molar-refractivity contribution in [3.63, 3.8) is 0 Å². The lowest BCUT2D eigenvalue weighted by atomic mass is 9.94. The summed E-state index contributed by atoms with van der Waals surface area (Å²) in [5.74, 6) is 0.389. The second-order valence-corrected chi connectivity index (χ2v) is 8.26. The lowest BCUT2D eigenvalue weighted by Gasteiger charge is -2.41. The molecule has 4 rings (SSSR count). The highest BCUT2D eigenvalue weighted by atomic mass is 16.2. The normalized spacial score (nSPS) is 22.1. The molecule has 0 spiro atoms. The SMILES string of the molecule is CC(=O)N1CCCC(N2C(=O)c3c(c(C)nn3-c3ccccc3)C2C(C)C)C1. The molecule has 1 aromatic heterocycles. The molecular weight excluding hydrogens is 352 g/mol. The standard InChI is InChI=1S/C22H28N4O2/c1-14(2)20-19-15(3)23-26(17-9-6-5-7-10-17)21(19)22(28)25(20)18-11-8-12-24(13-18)16(4)27/h5-7,9-10,14,18,20H,8,11-13H2,1-4H3. The molecule has 2 aromatic rings. The summed E-state index contributed by atoms with van der Waals surface area (Å²) in [5, 5.41) is 4.71. The lowest BCUT2D eigenvalue weighted by Crippen LogP contribution is -2.51. The van der Waals surface area contributed by atoms with E-state index in [-0.39, 0.29) is 29.8 Å². The van der Waals surface area contributed by atoms with Gasteiger partial charge in [0.05, 0.1) is 23.5 Å². The molecule has 2 aliphatic rings. The third-order valence-corrected chi connectivity index (χ3v) is 6.01. The van der Waals surface area contributed by atoms with E-state index in [2.05, 4.69) is 13.8 Å². The van der Waals surface area contributed by atoms with Crippen LogP contribution in [0.25, 0.3) is 5.69 Å². The molecule has 28 heavy (non-hydrogen) atoms. The van der Waals surface area contributed by atoms with Crippen molar-refractivity contribution < 1.29 is 9.59 Å². The third kappa shape index (κ3) is 2.91. The number of benzene rings is 1. The number of likely N-dealkylation sites (tertiary alicyclic amines) is 1. The average molecular weight is 380 g/mol. The number of nitrogens with zero attached hydrogens (tertiary/aromatic N) is 4. The van der Waals surface area contributed by atoms with Crippen molar-refractivity contribution in [1.82, 2.24) is 19.6 Å². The fourth-order valence-corrected chi connectivity index (χ4v) is 4.76. The molecule has 1 aromatic carbocycles. The van der Waals surface area contributed by atoms with Crippen LogP contribution in [0.5, 0.6) is 0 Å². The molecule has 2 atom stereocenters. The molecule has 1 saturated heterocycles. The van der Waals surface area contributed by atoms with E-state index in [1.165, 1.54) is 0 Å². The van der Waals surface area contributed by atoms with E-state index in [0.717, 1.165) is 36.3 Å². The number of para-hydroxylation sites is 1. The quantitative estimate of drug-likeness (QED) is 0.821. The van der Waals surface area contributed by atoms with Crippen molar-refractivity contribution in [2.75, 3.05) is 13.1 Å².